The minimum Gasteiger partial charge on any atom is -0.473 e. The fourth-order valence-corrected chi connectivity index (χ4v) is 6.53. The lowest BCUT2D eigenvalue weighted by molar-refractivity contribution is -0.173. The second kappa shape index (κ2) is 8.73. The van der Waals surface area contributed by atoms with Crippen LogP contribution in [0.15, 0.2) is 47.6 Å². The first-order chi connectivity index (χ1) is 15.9. The molecule has 2 aliphatic carbocycles. The fourth-order valence-electron chi connectivity index (χ4n) is 5.06. The van der Waals surface area contributed by atoms with Gasteiger partial charge in [-0.3, -0.25) is 9.59 Å². The van der Waals surface area contributed by atoms with Crippen LogP contribution in [-0.2, 0) is 30.2 Å². The van der Waals surface area contributed by atoms with Crippen molar-refractivity contribution in [3.63, 3.8) is 0 Å². The maximum Gasteiger partial charge on any atom is 0.240 e. The molecule has 8 heteroatoms. The minimum absolute atomic E-state index is 0.175. The predicted octanol–water partition coefficient (Wildman–Crippen LogP) is 3.95. The lowest BCUT2D eigenvalue weighted by Gasteiger charge is -2.54. The SMILES string of the molecule is CN(C)[C@@H]1C2ON=C(OCc3ccccc3)C2C(=O)[C@@]2(O[Si](C)(C)C(C)(C)C)C(=O)C=CC[C@@H]12. The average Bonchev–Trinajstić information content (AvgIpc) is 3.17. The molecule has 3 aliphatic rings. The summed E-state index contributed by atoms with van der Waals surface area (Å²) in [6.07, 6.45) is 3.40. The topological polar surface area (TPSA) is 77.4 Å². The van der Waals surface area contributed by atoms with E-state index in [9.17, 15) is 9.59 Å². The number of benzene rings is 1. The normalized spacial score (nSPS) is 31.1. The van der Waals surface area contributed by atoms with Gasteiger partial charge in [0.25, 0.3) is 0 Å². The second-order valence-electron chi connectivity index (χ2n) is 11.3. The number of carbonyl (C=O) groups excluding carboxylic acids is 2. The molecule has 2 unspecified atom stereocenters. The van der Waals surface area contributed by atoms with E-state index in [0.717, 1.165) is 5.56 Å². The molecular weight excluding hydrogens is 448 g/mol. The molecule has 1 aliphatic heterocycles. The van der Waals surface area contributed by atoms with Gasteiger partial charge >= 0.3 is 0 Å². The minimum atomic E-state index is -2.51. The van der Waals surface area contributed by atoms with E-state index in [1.54, 1.807) is 0 Å². The molecule has 0 N–H and O–H groups in total. The Kier molecular flexibility index (Phi) is 6.37. The molecule has 1 aromatic carbocycles. The first kappa shape index (κ1) is 24.8. The van der Waals surface area contributed by atoms with Crippen molar-refractivity contribution in [1.82, 2.24) is 4.90 Å². The number of hydrogen-bond donors (Lipinski definition) is 0. The largest absolute Gasteiger partial charge is 0.473 e. The van der Waals surface area contributed by atoms with Crippen LogP contribution in [-0.4, -0.2) is 62.5 Å². The number of allylic oxidation sites excluding steroid dienone is 1. The maximum atomic E-state index is 14.4. The Morgan fingerprint density at radius 2 is 1.85 bits per heavy atom. The molecule has 0 bridgehead atoms. The third kappa shape index (κ3) is 3.95. The number of fused-ring (bicyclic) bond motifs is 2. The van der Waals surface area contributed by atoms with Gasteiger partial charge in [0.05, 0.1) is 6.04 Å². The summed E-state index contributed by atoms with van der Waals surface area (Å²) in [6.45, 7) is 10.8. The molecule has 0 spiro atoms. The van der Waals surface area contributed by atoms with Gasteiger partial charge in [0.1, 0.15) is 12.5 Å². The number of nitrogens with zero attached hydrogens (tertiary/aromatic N) is 2. The predicted molar refractivity (Wildman–Crippen MR) is 133 cm³/mol. The van der Waals surface area contributed by atoms with Gasteiger partial charge in [-0.2, -0.15) is 0 Å². The van der Waals surface area contributed by atoms with Crippen LogP contribution in [0.25, 0.3) is 0 Å². The lowest BCUT2D eigenvalue weighted by atomic mass is 9.61. The average molecular weight is 485 g/mol. The fraction of sp³-hybridized carbons (Fsp3) is 0.577. The highest BCUT2D eigenvalue weighted by Crippen LogP contribution is 2.51. The van der Waals surface area contributed by atoms with Crippen LogP contribution in [0.4, 0.5) is 0 Å². The van der Waals surface area contributed by atoms with E-state index in [1.165, 1.54) is 6.08 Å². The third-order valence-electron chi connectivity index (χ3n) is 7.85. The van der Waals surface area contributed by atoms with Crippen LogP contribution in [0.1, 0.15) is 32.8 Å². The molecule has 5 atom stereocenters. The van der Waals surface area contributed by atoms with Crippen LogP contribution in [0.2, 0.25) is 18.1 Å². The number of ether oxygens (including phenoxy) is 1. The number of rotatable bonds is 5. The van der Waals surface area contributed by atoms with E-state index in [4.69, 9.17) is 14.0 Å². The Labute approximate surface area is 203 Å². The van der Waals surface area contributed by atoms with Crippen molar-refractivity contribution in [1.29, 1.82) is 0 Å². The van der Waals surface area contributed by atoms with Crippen LogP contribution in [0, 0.1) is 11.8 Å². The third-order valence-corrected chi connectivity index (χ3v) is 12.3. The van der Waals surface area contributed by atoms with Gasteiger partial charge in [-0.05, 0) is 50.3 Å². The Hall–Kier alpha value is -2.29. The van der Waals surface area contributed by atoms with Crippen molar-refractivity contribution in [3.05, 3.63) is 48.0 Å². The molecule has 1 heterocycles. The lowest BCUT2D eigenvalue weighted by Crippen LogP contribution is -2.73. The molecule has 0 radical (unpaired) electrons. The standard InChI is InChI=1S/C26H36N2O5Si/c1-25(2,3)34(6,7)33-26-18(14-11-15-19(26)29)21(28(4)5)22-20(23(26)30)24(27-32-22)31-16-17-12-9-8-10-13-17/h8-13,15,18,20-22H,14,16H2,1-7H3/t18-,20?,21-,22?,26-/m0/s1. The zero-order chi connectivity index (χ0) is 24.9. The van der Waals surface area contributed by atoms with Gasteiger partial charge in [-0.25, -0.2) is 0 Å². The Morgan fingerprint density at radius 3 is 2.47 bits per heavy atom. The number of ketones is 2. The molecule has 34 heavy (non-hydrogen) atoms. The van der Waals surface area contributed by atoms with Crippen molar-refractivity contribution in [3.8, 4) is 0 Å². The summed E-state index contributed by atoms with van der Waals surface area (Å²) in [6, 6.07) is 9.46. The summed E-state index contributed by atoms with van der Waals surface area (Å²) in [7, 11) is 1.39. The first-order valence-corrected chi connectivity index (χ1v) is 14.8. The molecule has 7 nitrogen and oxygen atoms in total. The van der Waals surface area contributed by atoms with Gasteiger partial charge in [0.2, 0.25) is 5.90 Å². The van der Waals surface area contributed by atoms with Crippen molar-refractivity contribution >= 4 is 25.8 Å². The van der Waals surface area contributed by atoms with Crippen LogP contribution in [0.3, 0.4) is 0 Å². The molecule has 0 saturated heterocycles. The molecule has 0 aromatic heterocycles. The highest BCUT2D eigenvalue weighted by atomic mass is 28.4. The first-order valence-electron chi connectivity index (χ1n) is 11.9. The van der Waals surface area contributed by atoms with E-state index in [1.807, 2.05) is 55.4 Å². The number of likely N-dealkylation sites (N-methyl/N-ethyl adjacent to an activating group) is 1. The van der Waals surface area contributed by atoms with Crippen molar-refractivity contribution in [2.24, 2.45) is 17.0 Å². The molecule has 1 aromatic rings. The van der Waals surface area contributed by atoms with Crippen molar-refractivity contribution < 1.29 is 23.6 Å². The Morgan fingerprint density at radius 1 is 1.18 bits per heavy atom. The van der Waals surface area contributed by atoms with E-state index >= 15 is 0 Å². The highest BCUT2D eigenvalue weighted by molar-refractivity contribution is 6.74. The van der Waals surface area contributed by atoms with E-state index in [0.29, 0.717) is 6.42 Å². The van der Waals surface area contributed by atoms with Gasteiger partial charge in [-0.15, -0.1) is 0 Å². The molecule has 184 valence electrons. The monoisotopic (exact) mass is 484 g/mol. The van der Waals surface area contributed by atoms with Crippen molar-refractivity contribution in [2.75, 3.05) is 14.1 Å². The number of carbonyl (C=O) groups is 2. The van der Waals surface area contributed by atoms with Gasteiger partial charge < -0.3 is 18.9 Å². The van der Waals surface area contributed by atoms with E-state index in [2.05, 4.69) is 39.0 Å². The summed E-state index contributed by atoms with van der Waals surface area (Å²) in [4.78, 5) is 35.9. The van der Waals surface area contributed by atoms with Crippen LogP contribution >= 0.6 is 0 Å². The van der Waals surface area contributed by atoms with Gasteiger partial charge in [0, 0.05) is 5.92 Å². The summed E-state index contributed by atoms with van der Waals surface area (Å²) in [5.74, 6) is -1.51. The smallest absolute Gasteiger partial charge is 0.240 e. The number of oxime groups is 1. The van der Waals surface area contributed by atoms with Gasteiger partial charge in [-0.1, -0.05) is 62.3 Å². The summed E-state index contributed by atoms with van der Waals surface area (Å²) in [5, 5.41) is 4.03. The second-order valence-corrected chi connectivity index (χ2v) is 16.0. The summed E-state index contributed by atoms with van der Waals surface area (Å²) in [5.41, 5.74) is -0.610. The molecule has 4 rings (SSSR count). The molecular formula is C26H36N2O5Si. The molecule has 1 saturated carbocycles. The summed E-state index contributed by atoms with van der Waals surface area (Å²) >= 11 is 0. The Bertz CT molecular complexity index is 1010. The molecule has 1 fully saturated rings. The Balaban J connectivity index is 1.75. The van der Waals surface area contributed by atoms with E-state index in [-0.39, 0.29) is 41.1 Å². The maximum absolute atomic E-state index is 14.4. The van der Waals surface area contributed by atoms with Crippen LogP contribution in [0.5, 0.6) is 0 Å². The molecule has 0 amide bonds. The van der Waals surface area contributed by atoms with Gasteiger partial charge in [0.15, 0.2) is 31.6 Å². The number of Topliss-reactive ketones (excluding diaryl/α,β-unsaturated/α-hetero) is 1. The number of hydrogen-bond acceptors (Lipinski definition) is 7. The van der Waals surface area contributed by atoms with Crippen LogP contribution < -0.4 is 0 Å². The zero-order valence-corrected chi connectivity index (χ0v) is 22.2. The quantitative estimate of drug-likeness (QED) is 0.465. The van der Waals surface area contributed by atoms with E-state index < -0.39 is 25.9 Å². The summed E-state index contributed by atoms with van der Waals surface area (Å²) < 4.78 is 12.9. The highest BCUT2D eigenvalue weighted by Gasteiger charge is 2.69. The zero-order valence-electron chi connectivity index (χ0n) is 21.2. The van der Waals surface area contributed by atoms with Crippen molar-refractivity contribution in [2.45, 2.75) is 69.7 Å².